The molecule has 2 heterocycles. The van der Waals surface area contributed by atoms with Gasteiger partial charge in [0.05, 0.1) is 5.56 Å². The van der Waals surface area contributed by atoms with E-state index in [1.165, 1.54) is 23.3 Å². The number of piperidine rings is 1. The molecule has 2 aromatic rings. The Morgan fingerprint density at radius 3 is 2.33 bits per heavy atom. The van der Waals surface area contributed by atoms with Gasteiger partial charge < -0.3 is 15.0 Å². The number of halogens is 3. The summed E-state index contributed by atoms with van der Waals surface area (Å²) in [6.07, 6.45) is -1.06. The summed E-state index contributed by atoms with van der Waals surface area (Å²) in [5.41, 5.74) is 3.76. The predicted molar refractivity (Wildman–Crippen MR) is 139 cm³/mol. The van der Waals surface area contributed by atoms with Crippen molar-refractivity contribution in [2.24, 2.45) is 16.8 Å². The lowest BCUT2D eigenvalue weighted by Crippen LogP contribution is -2.34. The molecule has 4 rings (SSSR count). The normalized spacial score (nSPS) is 18.4. The van der Waals surface area contributed by atoms with E-state index in [9.17, 15) is 13.2 Å². The van der Waals surface area contributed by atoms with Gasteiger partial charge in [-0.15, -0.1) is 0 Å². The average molecular weight is 500 g/mol. The van der Waals surface area contributed by atoms with E-state index in [1.807, 2.05) is 0 Å². The smallest absolute Gasteiger partial charge is 0.416 e. The van der Waals surface area contributed by atoms with Crippen LogP contribution in [0.1, 0.15) is 56.7 Å². The number of anilines is 1. The van der Waals surface area contributed by atoms with Gasteiger partial charge in [-0.25, -0.2) is 4.99 Å². The van der Waals surface area contributed by atoms with E-state index in [0.717, 1.165) is 62.5 Å². The van der Waals surface area contributed by atoms with Gasteiger partial charge in [-0.3, -0.25) is 0 Å². The molecule has 4 nitrogen and oxygen atoms in total. The molecule has 36 heavy (non-hydrogen) atoms. The molecule has 2 aromatic carbocycles. The van der Waals surface area contributed by atoms with Crippen molar-refractivity contribution >= 4 is 11.6 Å². The minimum Gasteiger partial charge on any atom is -0.441 e. The predicted octanol–water partition coefficient (Wildman–Crippen LogP) is 6.81. The molecule has 0 amide bonds. The van der Waals surface area contributed by atoms with Gasteiger partial charge in [-0.2, -0.15) is 13.2 Å². The van der Waals surface area contributed by atoms with Crippen molar-refractivity contribution in [2.45, 2.75) is 52.8 Å². The van der Waals surface area contributed by atoms with Crippen LogP contribution in [-0.4, -0.2) is 32.1 Å². The molecule has 0 saturated carbocycles. The molecule has 1 N–H and O–H groups in total. The van der Waals surface area contributed by atoms with Crippen LogP contribution in [0, 0.1) is 11.8 Å². The van der Waals surface area contributed by atoms with Gasteiger partial charge in [0.25, 0.3) is 0 Å². The van der Waals surface area contributed by atoms with E-state index in [1.54, 1.807) is 12.1 Å². The maximum absolute atomic E-state index is 12.8. The van der Waals surface area contributed by atoms with E-state index in [4.69, 9.17) is 4.74 Å². The first-order valence-corrected chi connectivity index (χ1v) is 12.8. The van der Waals surface area contributed by atoms with E-state index >= 15 is 0 Å². The number of benzene rings is 2. The number of hydrogen-bond donors (Lipinski definition) is 1. The SMILES string of the molecule is C/C(=C1\CN=C(c2ccc(CNCCC3CCN(c4ccc(C(F)(F)F)cc4)CC3)cc2)O1)C(C)C. The fourth-order valence-corrected chi connectivity index (χ4v) is 4.65. The van der Waals surface area contributed by atoms with Gasteiger partial charge in [0.15, 0.2) is 0 Å². The molecule has 0 radical (unpaired) electrons. The first kappa shape index (κ1) is 26.3. The number of nitrogens with one attached hydrogen (secondary N) is 1. The summed E-state index contributed by atoms with van der Waals surface area (Å²) in [4.78, 5) is 6.75. The Hall–Kier alpha value is -2.80. The summed E-state index contributed by atoms with van der Waals surface area (Å²) in [5.74, 6) is 2.76. The number of aliphatic imine (C=N–C) groups is 1. The third-order valence-corrected chi connectivity index (χ3v) is 7.33. The van der Waals surface area contributed by atoms with Gasteiger partial charge in [-0.1, -0.05) is 26.0 Å². The van der Waals surface area contributed by atoms with E-state index in [-0.39, 0.29) is 0 Å². The van der Waals surface area contributed by atoms with Gasteiger partial charge in [0.1, 0.15) is 12.3 Å². The lowest BCUT2D eigenvalue weighted by Gasteiger charge is -2.34. The van der Waals surface area contributed by atoms with Crippen LogP contribution in [0.5, 0.6) is 0 Å². The molecule has 0 spiro atoms. The first-order chi connectivity index (χ1) is 17.2. The summed E-state index contributed by atoms with van der Waals surface area (Å²) in [5, 5.41) is 3.55. The van der Waals surface area contributed by atoms with Gasteiger partial charge >= 0.3 is 6.18 Å². The van der Waals surface area contributed by atoms with Crippen molar-refractivity contribution in [3.8, 4) is 0 Å². The van der Waals surface area contributed by atoms with Gasteiger partial charge in [0.2, 0.25) is 5.90 Å². The molecule has 1 fully saturated rings. The van der Waals surface area contributed by atoms with Crippen LogP contribution in [0.4, 0.5) is 18.9 Å². The van der Waals surface area contributed by atoms with E-state index in [0.29, 0.717) is 24.3 Å². The average Bonchev–Trinajstić information content (AvgIpc) is 3.37. The Morgan fingerprint density at radius 1 is 1.06 bits per heavy atom. The molecule has 0 aromatic heterocycles. The maximum Gasteiger partial charge on any atom is 0.416 e. The largest absolute Gasteiger partial charge is 0.441 e. The quantitative estimate of drug-likeness (QED) is 0.406. The highest BCUT2D eigenvalue weighted by Gasteiger charge is 2.30. The highest BCUT2D eigenvalue weighted by atomic mass is 19.4. The minimum absolute atomic E-state index is 0.453. The van der Waals surface area contributed by atoms with Gasteiger partial charge in [-0.05, 0) is 92.1 Å². The topological polar surface area (TPSA) is 36.9 Å². The van der Waals surface area contributed by atoms with Crippen molar-refractivity contribution in [1.29, 1.82) is 0 Å². The van der Waals surface area contributed by atoms with Crippen molar-refractivity contribution < 1.29 is 17.9 Å². The standard InChI is InChI=1S/C29H36F3N3O/c1-20(2)21(3)27-19-34-28(36-27)24-6-4-23(5-7-24)18-33-15-12-22-13-16-35(17-14-22)26-10-8-25(9-11-26)29(30,31)32/h4-11,20,22,33H,12-19H2,1-3H3/b27-21-. The summed E-state index contributed by atoms with van der Waals surface area (Å²) < 4.78 is 44.3. The Balaban J connectivity index is 1.16. The zero-order valence-electron chi connectivity index (χ0n) is 21.4. The maximum atomic E-state index is 12.8. The number of nitrogens with zero attached hydrogens (tertiary/aromatic N) is 2. The summed E-state index contributed by atoms with van der Waals surface area (Å²) in [6, 6.07) is 13.9. The van der Waals surface area contributed by atoms with Crippen molar-refractivity contribution in [2.75, 3.05) is 31.1 Å². The molecule has 0 unspecified atom stereocenters. The summed E-state index contributed by atoms with van der Waals surface area (Å²) >= 11 is 0. The number of rotatable bonds is 8. The fourth-order valence-electron chi connectivity index (χ4n) is 4.65. The molecule has 0 aliphatic carbocycles. The second kappa shape index (κ2) is 11.5. The van der Waals surface area contributed by atoms with Crippen LogP contribution < -0.4 is 10.2 Å². The van der Waals surface area contributed by atoms with Crippen molar-refractivity contribution in [1.82, 2.24) is 5.32 Å². The zero-order chi connectivity index (χ0) is 25.7. The van der Waals surface area contributed by atoms with Crippen LogP contribution in [0.2, 0.25) is 0 Å². The lowest BCUT2D eigenvalue weighted by atomic mass is 9.93. The monoisotopic (exact) mass is 499 g/mol. The Labute approximate surface area is 212 Å². The van der Waals surface area contributed by atoms with Crippen LogP contribution in [0.3, 0.4) is 0 Å². The molecule has 2 aliphatic heterocycles. The minimum atomic E-state index is -4.28. The van der Waals surface area contributed by atoms with Gasteiger partial charge in [0, 0.05) is 30.9 Å². The second-order valence-corrected chi connectivity index (χ2v) is 10.1. The van der Waals surface area contributed by atoms with Crippen molar-refractivity contribution in [3.05, 3.63) is 76.6 Å². The summed E-state index contributed by atoms with van der Waals surface area (Å²) in [6.45, 7) is 10.6. The molecule has 0 bridgehead atoms. The number of allylic oxidation sites excluding steroid dienone is 1. The highest BCUT2D eigenvalue weighted by molar-refractivity contribution is 5.96. The van der Waals surface area contributed by atoms with Crippen LogP contribution in [-0.2, 0) is 17.5 Å². The zero-order valence-corrected chi connectivity index (χ0v) is 21.4. The second-order valence-electron chi connectivity index (χ2n) is 10.1. The summed E-state index contributed by atoms with van der Waals surface area (Å²) in [7, 11) is 0. The third kappa shape index (κ3) is 6.69. The van der Waals surface area contributed by atoms with E-state index in [2.05, 4.69) is 60.2 Å². The van der Waals surface area contributed by atoms with E-state index < -0.39 is 11.7 Å². The molecule has 0 atom stereocenters. The molecule has 194 valence electrons. The molecular formula is C29H36F3N3O. The molecular weight excluding hydrogens is 463 g/mol. The van der Waals surface area contributed by atoms with Crippen molar-refractivity contribution in [3.63, 3.8) is 0 Å². The fraction of sp³-hybridized carbons (Fsp3) is 0.483. The van der Waals surface area contributed by atoms with Crippen LogP contribution in [0.15, 0.2) is 64.9 Å². The number of alkyl halides is 3. The molecule has 1 saturated heterocycles. The Morgan fingerprint density at radius 2 is 1.72 bits per heavy atom. The first-order valence-electron chi connectivity index (χ1n) is 12.8. The lowest BCUT2D eigenvalue weighted by molar-refractivity contribution is -0.137. The highest BCUT2D eigenvalue weighted by Crippen LogP contribution is 2.32. The Kier molecular flexibility index (Phi) is 8.39. The number of ether oxygens (including phenoxy) is 1. The van der Waals surface area contributed by atoms with Crippen LogP contribution >= 0.6 is 0 Å². The Bertz CT molecular complexity index is 1060. The molecule has 2 aliphatic rings. The number of hydrogen-bond acceptors (Lipinski definition) is 4. The molecule has 7 heteroatoms. The third-order valence-electron chi connectivity index (χ3n) is 7.33. The van der Waals surface area contributed by atoms with Crippen LogP contribution in [0.25, 0.3) is 0 Å².